The molecular formula is C10H16ClNS. The fourth-order valence-electron chi connectivity index (χ4n) is 1.58. The quantitative estimate of drug-likeness (QED) is 0.825. The molecule has 0 radical (unpaired) electrons. The van der Waals surface area contributed by atoms with Gasteiger partial charge in [0.25, 0.3) is 0 Å². The number of hydrogen-bond donors (Lipinski definition) is 1. The summed E-state index contributed by atoms with van der Waals surface area (Å²) in [5, 5.41) is 0. The van der Waals surface area contributed by atoms with Crippen LogP contribution in [-0.2, 0) is 5.41 Å². The van der Waals surface area contributed by atoms with E-state index in [1.165, 1.54) is 4.88 Å². The van der Waals surface area contributed by atoms with E-state index in [1.54, 1.807) is 11.3 Å². The van der Waals surface area contributed by atoms with E-state index in [9.17, 15) is 0 Å². The van der Waals surface area contributed by atoms with Gasteiger partial charge in [0.2, 0.25) is 0 Å². The van der Waals surface area contributed by atoms with Crippen LogP contribution in [0.1, 0.15) is 32.1 Å². The number of hydrogen-bond acceptors (Lipinski definition) is 2. The second kappa shape index (κ2) is 3.99. The van der Waals surface area contributed by atoms with Gasteiger partial charge in [0.05, 0.1) is 4.34 Å². The van der Waals surface area contributed by atoms with Gasteiger partial charge in [0.1, 0.15) is 0 Å². The summed E-state index contributed by atoms with van der Waals surface area (Å²) in [6.45, 7) is 6.45. The van der Waals surface area contributed by atoms with E-state index in [0.29, 0.717) is 0 Å². The fraction of sp³-hybridized carbons (Fsp3) is 0.600. The highest BCUT2D eigenvalue weighted by Crippen LogP contribution is 2.35. The van der Waals surface area contributed by atoms with Crippen LogP contribution in [0.4, 0.5) is 0 Å². The van der Waals surface area contributed by atoms with E-state index in [0.717, 1.165) is 10.8 Å². The van der Waals surface area contributed by atoms with Crippen molar-refractivity contribution in [3.8, 4) is 0 Å². The Kier molecular flexibility index (Phi) is 3.38. The molecule has 2 N–H and O–H groups in total. The van der Waals surface area contributed by atoms with Crippen LogP contribution in [0.5, 0.6) is 0 Å². The Morgan fingerprint density at radius 3 is 2.54 bits per heavy atom. The second-order valence-electron chi connectivity index (χ2n) is 4.17. The average Bonchev–Trinajstić information content (AvgIpc) is 2.32. The number of halogens is 1. The molecule has 0 saturated carbocycles. The van der Waals surface area contributed by atoms with Crippen LogP contribution in [0, 0.1) is 0 Å². The average molecular weight is 218 g/mol. The van der Waals surface area contributed by atoms with Crippen LogP contribution in [0.2, 0.25) is 4.34 Å². The lowest BCUT2D eigenvalue weighted by molar-refractivity contribution is 0.445. The van der Waals surface area contributed by atoms with Crippen LogP contribution in [-0.4, -0.2) is 6.04 Å². The summed E-state index contributed by atoms with van der Waals surface area (Å²) in [5.41, 5.74) is 5.94. The highest BCUT2D eigenvalue weighted by Gasteiger charge is 2.23. The van der Waals surface area contributed by atoms with E-state index in [-0.39, 0.29) is 11.5 Å². The topological polar surface area (TPSA) is 26.0 Å². The summed E-state index contributed by atoms with van der Waals surface area (Å²) in [7, 11) is 0. The predicted molar refractivity (Wildman–Crippen MR) is 60.6 cm³/mol. The Labute approximate surface area is 88.9 Å². The third kappa shape index (κ3) is 2.97. The maximum absolute atomic E-state index is 5.89. The van der Waals surface area contributed by atoms with Gasteiger partial charge in [0, 0.05) is 16.3 Å². The van der Waals surface area contributed by atoms with E-state index in [4.69, 9.17) is 17.3 Å². The first-order valence-electron chi connectivity index (χ1n) is 4.43. The Balaban J connectivity index is 2.80. The molecule has 1 aromatic rings. The van der Waals surface area contributed by atoms with E-state index in [2.05, 4.69) is 19.9 Å². The molecule has 1 rings (SSSR count). The Bertz CT molecular complexity index is 278. The van der Waals surface area contributed by atoms with Crippen molar-refractivity contribution in [2.24, 2.45) is 5.73 Å². The number of thiophene rings is 1. The standard InChI is InChI=1S/C10H16ClNS/c1-7(12)6-10(2,3)8-4-5-9(11)13-8/h4-5,7H,6,12H2,1-3H3. The molecule has 3 heteroatoms. The summed E-state index contributed by atoms with van der Waals surface area (Å²) in [6, 6.07) is 4.27. The highest BCUT2D eigenvalue weighted by molar-refractivity contribution is 7.16. The first-order valence-corrected chi connectivity index (χ1v) is 5.62. The Hall–Kier alpha value is -0.0500. The molecule has 1 heterocycles. The van der Waals surface area contributed by atoms with Gasteiger partial charge in [0.15, 0.2) is 0 Å². The van der Waals surface area contributed by atoms with Crippen molar-refractivity contribution in [1.82, 2.24) is 0 Å². The van der Waals surface area contributed by atoms with E-state index in [1.807, 2.05) is 13.0 Å². The normalized spacial score (nSPS) is 14.5. The smallest absolute Gasteiger partial charge is 0.0931 e. The molecule has 1 unspecified atom stereocenters. The van der Waals surface area contributed by atoms with Gasteiger partial charge in [-0.25, -0.2) is 0 Å². The van der Waals surface area contributed by atoms with Gasteiger partial charge < -0.3 is 5.73 Å². The third-order valence-electron chi connectivity index (χ3n) is 2.07. The Morgan fingerprint density at radius 2 is 2.15 bits per heavy atom. The molecular weight excluding hydrogens is 202 g/mol. The molecule has 0 aliphatic rings. The summed E-state index contributed by atoms with van der Waals surface area (Å²) in [6.07, 6.45) is 0.990. The van der Waals surface area contributed by atoms with Gasteiger partial charge >= 0.3 is 0 Å². The van der Waals surface area contributed by atoms with Crippen LogP contribution in [0.3, 0.4) is 0 Å². The molecule has 0 amide bonds. The largest absolute Gasteiger partial charge is 0.328 e. The van der Waals surface area contributed by atoms with Crippen molar-refractivity contribution in [2.75, 3.05) is 0 Å². The van der Waals surface area contributed by atoms with Crippen molar-refractivity contribution >= 4 is 22.9 Å². The zero-order chi connectivity index (χ0) is 10.1. The first kappa shape index (κ1) is 11.0. The molecule has 1 atom stereocenters. The van der Waals surface area contributed by atoms with E-state index < -0.39 is 0 Å². The maximum atomic E-state index is 5.89. The van der Waals surface area contributed by atoms with Crippen molar-refractivity contribution in [3.05, 3.63) is 21.3 Å². The lowest BCUT2D eigenvalue weighted by Gasteiger charge is -2.25. The molecule has 1 aromatic heterocycles. The van der Waals surface area contributed by atoms with Crippen molar-refractivity contribution in [1.29, 1.82) is 0 Å². The van der Waals surface area contributed by atoms with Crippen molar-refractivity contribution in [3.63, 3.8) is 0 Å². The number of rotatable bonds is 3. The minimum Gasteiger partial charge on any atom is -0.328 e. The molecule has 0 aliphatic heterocycles. The van der Waals surface area contributed by atoms with Crippen LogP contribution in [0.25, 0.3) is 0 Å². The molecule has 1 nitrogen and oxygen atoms in total. The van der Waals surface area contributed by atoms with Crippen LogP contribution >= 0.6 is 22.9 Å². The summed E-state index contributed by atoms with van der Waals surface area (Å²) in [4.78, 5) is 1.31. The molecule has 0 spiro atoms. The molecule has 0 bridgehead atoms. The van der Waals surface area contributed by atoms with Gasteiger partial charge in [-0.05, 0) is 25.5 Å². The highest BCUT2D eigenvalue weighted by atomic mass is 35.5. The second-order valence-corrected chi connectivity index (χ2v) is 5.88. The summed E-state index contributed by atoms with van der Waals surface area (Å²) >= 11 is 7.54. The molecule has 0 aliphatic carbocycles. The Morgan fingerprint density at radius 1 is 1.54 bits per heavy atom. The van der Waals surface area contributed by atoms with Crippen molar-refractivity contribution < 1.29 is 0 Å². The van der Waals surface area contributed by atoms with Gasteiger partial charge in [-0.1, -0.05) is 25.4 Å². The lowest BCUT2D eigenvalue weighted by Crippen LogP contribution is -2.27. The molecule has 0 saturated heterocycles. The van der Waals surface area contributed by atoms with Crippen LogP contribution < -0.4 is 5.73 Å². The van der Waals surface area contributed by atoms with Crippen LogP contribution in [0.15, 0.2) is 12.1 Å². The van der Waals surface area contributed by atoms with Gasteiger partial charge in [-0.3, -0.25) is 0 Å². The minimum absolute atomic E-state index is 0.145. The monoisotopic (exact) mass is 217 g/mol. The first-order chi connectivity index (χ1) is 5.92. The number of nitrogens with two attached hydrogens (primary N) is 1. The molecule has 74 valence electrons. The minimum atomic E-state index is 0.145. The summed E-state index contributed by atoms with van der Waals surface area (Å²) in [5.74, 6) is 0. The SMILES string of the molecule is CC(N)CC(C)(C)c1ccc(Cl)s1. The third-order valence-corrected chi connectivity index (χ3v) is 3.67. The zero-order valence-electron chi connectivity index (χ0n) is 8.30. The molecule has 0 aromatic carbocycles. The van der Waals surface area contributed by atoms with Crippen molar-refractivity contribution in [2.45, 2.75) is 38.6 Å². The van der Waals surface area contributed by atoms with Gasteiger partial charge in [-0.15, -0.1) is 11.3 Å². The predicted octanol–water partition coefficient (Wildman–Crippen LogP) is 3.42. The van der Waals surface area contributed by atoms with Gasteiger partial charge in [-0.2, -0.15) is 0 Å². The van der Waals surface area contributed by atoms with E-state index >= 15 is 0 Å². The zero-order valence-corrected chi connectivity index (χ0v) is 9.88. The molecule has 13 heavy (non-hydrogen) atoms. The lowest BCUT2D eigenvalue weighted by atomic mass is 9.85. The summed E-state index contributed by atoms with van der Waals surface area (Å²) < 4.78 is 0.854. The fourth-order valence-corrected chi connectivity index (χ4v) is 2.74. The maximum Gasteiger partial charge on any atom is 0.0931 e. The molecule has 0 fully saturated rings.